The number of Topliss-reactive ketones (excluding diaryl/α,β-unsaturated/α-hetero) is 1. The van der Waals surface area contributed by atoms with Gasteiger partial charge in [0.15, 0.2) is 5.78 Å². The number of carbonyl (C=O) groups excluding carboxylic acids is 16. The molecule has 1 aliphatic heterocycles. The molecule has 14 amide bonds. The number of aromatic amines is 1. The number of carbonyl (C=O) groups is 20. The number of rotatable bonds is 36. The second kappa shape index (κ2) is 48.4. The van der Waals surface area contributed by atoms with Crippen LogP contribution >= 0.6 is 0 Å². The molecule has 0 aliphatic carbocycles. The van der Waals surface area contributed by atoms with Gasteiger partial charge < -0.3 is 116 Å². The molecular formula is C74H105N17O25. The Bertz CT molecular complexity index is 4060. The monoisotopic (exact) mass is 1630 g/mol. The third-order valence-electron chi connectivity index (χ3n) is 18.5. The second-order valence-electron chi connectivity index (χ2n) is 28.0. The summed E-state index contributed by atoms with van der Waals surface area (Å²) >= 11 is 0. The number of ketones is 1. The van der Waals surface area contributed by atoms with Gasteiger partial charge in [-0.25, -0.2) is 4.79 Å². The summed E-state index contributed by atoms with van der Waals surface area (Å²) in [5.41, 5.74) is 18.2. The molecule has 0 spiro atoms. The first-order chi connectivity index (χ1) is 54.8. The number of benzene rings is 2. The minimum Gasteiger partial charge on any atom is -0.481 e. The van der Waals surface area contributed by atoms with Crippen LogP contribution in [-0.2, 0) is 102 Å². The first-order valence-corrected chi connectivity index (χ1v) is 37.7. The normalized spacial score (nSPS) is 21.1. The van der Waals surface area contributed by atoms with Gasteiger partial charge in [-0.05, 0) is 82.7 Å². The molecule has 0 radical (unpaired) electrons. The third-order valence-corrected chi connectivity index (χ3v) is 18.5. The third kappa shape index (κ3) is 33.6. The van der Waals surface area contributed by atoms with Gasteiger partial charge in [-0.3, -0.25) is 91.1 Å². The molecule has 24 N–H and O–H groups in total. The quantitative estimate of drug-likeness (QED) is 0.0115. The minimum atomic E-state index is -2.42. The molecule has 2 heterocycles. The van der Waals surface area contributed by atoms with Crippen LogP contribution in [0.5, 0.6) is 0 Å². The number of aliphatic carboxylic acids is 4. The van der Waals surface area contributed by atoms with E-state index in [0.717, 1.165) is 59.3 Å². The molecule has 13 unspecified atom stereocenters. The number of unbranched alkanes of at least 4 members (excludes halogenated alkanes) is 5. The summed E-state index contributed by atoms with van der Waals surface area (Å²) in [5, 5.41) is 68.6. The molecule has 0 saturated carbocycles. The van der Waals surface area contributed by atoms with Gasteiger partial charge in [0.25, 0.3) is 0 Å². The van der Waals surface area contributed by atoms with Gasteiger partial charge in [0.1, 0.15) is 72.6 Å². The number of para-hydroxylation sites is 2. The van der Waals surface area contributed by atoms with Crippen LogP contribution in [-0.4, -0.2) is 236 Å². The number of cyclic esters (lactones) is 1. The molecule has 1 fully saturated rings. The van der Waals surface area contributed by atoms with Crippen molar-refractivity contribution in [2.75, 3.05) is 25.4 Å². The lowest BCUT2D eigenvalue weighted by molar-refractivity contribution is -0.156. The first-order valence-electron chi connectivity index (χ1n) is 37.7. The topological polar surface area (TPSA) is 682 Å². The maximum Gasteiger partial charge on any atom is 0.329 e. The summed E-state index contributed by atoms with van der Waals surface area (Å²) in [5.74, 6) is -26.7. The maximum atomic E-state index is 14.8. The van der Waals surface area contributed by atoms with Gasteiger partial charge in [-0.15, -0.1) is 0 Å². The first kappa shape index (κ1) is 95.7. The van der Waals surface area contributed by atoms with E-state index in [9.17, 15) is 116 Å². The fraction of sp³-hybridized carbons (Fsp3) is 0.541. The van der Waals surface area contributed by atoms with Crippen LogP contribution in [0.1, 0.15) is 166 Å². The Morgan fingerprint density at radius 2 is 1.05 bits per heavy atom. The Kier molecular flexibility index (Phi) is 39.9. The molecule has 1 saturated heterocycles. The Morgan fingerprint density at radius 3 is 1.66 bits per heavy atom. The van der Waals surface area contributed by atoms with Crippen LogP contribution in [0.2, 0.25) is 0 Å². The maximum absolute atomic E-state index is 14.8. The summed E-state index contributed by atoms with van der Waals surface area (Å²) in [6.07, 6.45) is -1.62. The molecule has 636 valence electrons. The Balaban J connectivity index is 1.83. The van der Waals surface area contributed by atoms with Gasteiger partial charge in [-0.2, -0.15) is 0 Å². The number of fused-ring (bicyclic) bond motifs is 1. The number of H-pyrrole nitrogens is 1. The van der Waals surface area contributed by atoms with Crippen LogP contribution in [0, 0.1) is 5.92 Å². The number of nitrogens with two attached hydrogens (primary N) is 3. The molecule has 2 aromatic carbocycles. The summed E-state index contributed by atoms with van der Waals surface area (Å²) in [7, 11) is 0. The van der Waals surface area contributed by atoms with Gasteiger partial charge >= 0.3 is 29.8 Å². The zero-order chi connectivity index (χ0) is 86.5. The molecule has 3 aromatic rings. The molecule has 42 nitrogen and oxygen atoms in total. The van der Waals surface area contributed by atoms with E-state index in [2.05, 4.69) is 82.6 Å². The molecule has 42 heteroatoms. The largest absolute Gasteiger partial charge is 0.481 e. The highest BCUT2D eigenvalue weighted by atomic mass is 16.5. The van der Waals surface area contributed by atoms with Crippen molar-refractivity contribution in [3.8, 4) is 0 Å². The smallest absolute Gasteiger partial charge is 0.329 e. The highest BCUT2D eigenvalue weighted by Gasteiger charge is 2.40. The van der Waals surface area contributed by atoms with Crippen LogP contribution in [0.4, 0.5) is 5.69 Å². The van der Waals surface area contributed by atoms with Crippen molar-refractivity contribution >= 4 is 135 Å². The van der Waals surface area contributed by atoms with Gasteiger partial charge in [-0.1, -0.05) is 89.1 Å². The van der Waals surface area contributed by atoms with E-state index in [1.807, 2.05) is 5.32 Å². The molecule has 13 atom stereocenters. The highest BCUT2D eigenvalue weighted by Crippen LogP contribution is 2.22. The molecule has 0 bridgehead atoms. The number of nitrogen functional groups attached to an aromatic ring is 1. The number of hydrogen-bond acceptors (Lipinski definition) is 23. The number of carboxylic acid groups (broad SMARTS) is 4. The van der Waals surface area contributed by atoms with E-state index in [0.29, 0.717) is 35.2 Å². The van der Waals surface area contributed by atoms with Crippen LogP contribution in [0.25, 0.3) is 10.9 Å². The van der Waals surface area contributed by atoms with Crippen molar-refractivity contribution in [2.24, 2.45) is 17.4 Å². The van der Waals surface area contributed by atoms with Crippen molar-refractivity contribution in [1.29, 1.82) is 0 Å². The van der Waals surface area contributed by atoms with Crippen LogP contribution < -0.4 is 86.3 Å². The van der Waals surface area contributed by atoms with Crippen molar-refractivity contribution in [2.45, 2.75) is 229 Å². The number of amides is 14. The fourth-order valence-corrected chi connectivity index (χ4v) is 11.8. The summed E-state index contributed by atoms with van der Waals surface area (Å²) < 4.78 is 5.68. The number of esters is 1. The fourth-order valence-electron chi connectivity index (χ4n) is 11.8. The summed E-state index contributed by atoms with van der Waals surface area (Å²) in [4.78, 5) is 275. The van der Waals surface area contributed by atoms with Crippen molar-refractivity contribution in [3.05, 3.63) is 65.9 Å². The summed E-state index contributed by atoms with van der Waals surface area (Å²) in [6.45, 7) is 4.81. The van der Waals surface area contributed by atoms with E-state index in [1.165, 1.54) is 24.3 Å². The van der Waals surface area contributed by atoms with Crippen LogP contribution in [0.3, 0.4) is 0 Å². The highest BCUT2D eigenvalue weighted by molar-refractivity contribution is 6.05. The molecular weight excluding hydrogens is 1530 g/mol. The predicted molar refractivity (Wildman–Crippen MR) is 408 cm³/mol. The van der Waals surface area contributed by atoms with E-state index < -0.39 is 249 Å². The second-order valence-corrected chi connectivity index (χ2v) is 28.0. The number of hydrogen-bond donors (Lipinski definition) is 21. The number of ether oxygens (including phenoxy) is 1. The van der Waals surface area contributed by atoms with E-state index in [1.54, 1.807) is 30.5 Å². The van der Waals surface area contributed by atoms with Gasteiger partial charge in [0.05, 0.1) is 38.8 Å². The predicted octanol–water partition coefficient (Wildman–Crippen LogP) is -3.81. The number of primary amides is 1. The average Bonchev–Trinajstić information content (AvgIpc) is 1.72. The Morgan fingerprint density at radius 1 is 0.526 bits per heavy atom. The molecule has 1 aromatic heterocycles. The lowest BCUT2D eigenvalue weighted by Crippen LogP contribution is -2.61. The van der Waals surface area contributed by atoms with Gasteiger partial charge in [0.2, 0.25) is 82.7 Å². The lowest BCUT2D eigenvalue weighted by Gasteiger charge is -2.29. The van der Waals surface area contributed by atoms with Gasteiger partial charge in [0, 0.05) is 54.0 Å². The Labute approximate surface area is 665 Å². The van der Waals surface area contributed by atoms with Crippen LogP contribution in [0.15, 0.2) is 54.7 Å². The number of anilines is 1. The summed E-state index contributed by atoms with van der Waals surface area (Å²) in [6, 6.07) is -9.66. The van der Waals surface area contributed by atoms with E-state index in [4.69, 9.17) is 21.9 Å². The van der Waals surface area contributed by atoms with Crippen molar-refractivity contribution < 1.29 is 121 Å². The standard InChI is InChI=1S/C74H105N17O25/c1-6-37(2)18-11-9-7-8-10-12-24-56(94)84-48(28-41-34-78-45-22-16-14-19-42(41)45)70(111)87-49(30-55(77)93)71(112)89-52(33-62(103)104)72(113)91-63-40(5)116-74(115)53(29-54(92)43-20-13-15-21-44(43)76)90-68(109)47(25-26-59(97)98)85-64(105)38(3)81-57(95)35-79-66(107)50(31-60(99)100)86-65(106)39(4)82-69(110)51(32-61(101)102)88-67(108)46(23-17-27-75)83-58(96)36-80-73(63)114/h13-16,19-22,34,37-40,46-53,63,78H,6-12,17-18,23-33,35-36,75-76H2,1-5H3,(H2,77,93)(H,79,107)(H,80,114)(H,81,95)(H,82,110)(H,83,96)(H,84,94)(H,85,105)(H,86,106)(H,87,111)(H,88,108)(H,89,112)(H,90,109)(H,91,113)(H,97,98)(H,99,100)(H,101,102)(H,103,104). The minimum absolute atomic E-state index is 0.0125. The van der Waals surface area contributed by atoms with Crippen molar-refractivity contribution in [3.63, 3.8) is 0 Å². The lowest BCUT2D eigenvalue weighted by atomic mass is 9.99. The SMILES string of the molecule is CCC(C)CCCCCCCCC(=O)NC(Cc1c[nH]c2ccccc12)C(=O)NC(CC(N)=O)C(=O)NC(CC(=O)O)C(=O)NC1C(=O)NCC(=O)NC(CCCN)C(=O)NC(CC(=O)O)C(=O)NC(C)C(=O)NC(CC(=O)O)C(=O)NCC(=O)NC(C)C(=O)NC(CCC(=O)O)C(=O)NC(CC(=O)c2ccccc2N)C(=O)OC1C. The zero-order valence-electron chi connectivity index (χ0n) is 64.9. The molecule has 4 rings (SSSR count). The molecule has 1 aliphatic rings. The number of nitrogens with one attached hydrogen (secondary N) is 14. The molecule has 116 heavy (non-hydrogen) atoms. The zero-order valence-corrected chi connectivity index (χ0v) is 64.9. The van der Waals surface area contributed by atoms with Crippen molar-refractivity contribution in [1.82, 2.24) is 74.1 Å². The Hall–Kier alpha value is -12.7. The van der Waals surface area contributed by atoms with E-state index in [-0.39, 0.29) is 43.5 Å². The number of carboxylic acids is 4. The average molecular weight is 1630 g/mol. The van der Waals surface area contributed by atoms with E-state index >= 15 is 0 Å². The number of aromatic nitrogens is 1.